The number of hydrogen-bond acceptors (Lipinski definition) is 0. The molecule has 0 spiro atoms. The van der Waals surface area contributed by atoms with Gasteiger partial charge in [-0.25, -0.2) is 30.1 Å². The predicted octanol–water partition coefficient (Wildman–Crippen LogP) is 3.96. The summed E-state index contributed by atoms with van der Waals surface area (Å²) in [5.74, 6) is 0. The topological polar surface area (TPSA) is 0 Å². The van der Waals surface area contributed by atoms with Crippen molar-refractivity contribution in [1.82, 2.24) is 0 Å². The third-order valence-corrected chi connectivity index (χ3v) is 5.20. The minimum atomic E-state index is -1.72. The van der Waals surface area contributed by atoms with E-state index in [1.807, 2.05) is 0 Å². The van der Waals surface area contributed by atoms with Crippen molar-refractivity contribution >= 4 is 50.3 Å². The lowest BCUT2D eigenvalue weighted by Crippen LogP contribution is -2.04. The molecule has 0 aromatic heterocycles. The van der Waals surface area contributed by atoms with Crippen LogP contribution in [0, 0.1) is 0 Å². The van der Waals surface area contributed by atoms with Gasteiger partial charge in [-0.3, -0.25) is 0 Å². The summed E-state index contributed by atoms with van der Waals surface area (Å²) in [7, 11) is 14.7. The van der Waals surface area contributed by atoms with E-state index >= 15 is 0 Å². The molecule has 0 heterocycles. The first-order valence-electron chi connectivity index (χ1n) is 4.00. The summed E-state index contributed by atoms with van der Waals surface area (Å²) in [6.45, 7) is 6.97. The van der Waals surface area contributed by atoms with E-state index in [0.717, 1.165) is 0 Å². The van der Waals surface area contributed by atoms with Crippen LogP contribution in [0.3, 0.4) is 0 Å². The van der Waals surface area contributed by atoms with E-state index in [-0.39, 0.29) is 8.80 Å². The zero-order valence-electron chi connectivity index (χ0n) is 7.41. The quantitative estimate of drug-likeness (QED) is 0.664. The Morgan fingerprint density at radius 2 is 1.09 bits per heavy atom. The molecular formula is C6H16AlCl3Si. The van der Waals surface area contributed by atoms with E-state index < -0.39 is 11.4 Å². The van der Waals surface area contributed by atoms with Gasteiger partial charge in [0.1, 0.15) is 0 Å². The molecule has 0 radical (unpaired) electrons. The maximum atomic E-state index is 4.94. The highest BCUT2D eigenvalue weighted by molar-refractivity contribution is 7.54. The van der Waals surface area contributed by atoms with E-state index in [9.17, 15) is 0 Å². The van der Waals surface area contributed by atoms with E-state index in [1.165, 1.54) is 18.1 Å². The van der Waals surface area contributed by atoms with Crippen LogP contribution >= 0.6 is 30.1 Å². The molecule has 0 fully saturated rings. The standard InChI is InChI=1S/C6H16Si.Al.3ClH/c1-4-7(5-2)6-3;;;;/h7H,4-6H2,1-3H3;;3*1H/q;+3;;;/p-3. The summed E-state index contributed by atoms with van der Waals surface area (Å²) in [5.41, 5.74) is 0. The van der Waals surface area contributed by atoms with Crippen LogP contribution in [0.15, 0.2) is 0 Å². The average Bonchev–Trinajstić information content (AvgIpc) is 1.90. The first kappa shape index (κ1) is 15.1. The maximum Gasteiger partial charge on any atom is 0.643 e. The van der Waals surface area contributed by atoms with Gasteiger partial charge in [0, 0.05) is 8.80 Å². The molecule has 0 saturated heterocycles. The van der Waals surface area contributed by atoms with Gasteiger partial charge in [-0.05, 0) is 0 Å². The lowest BCUT2D eigenvalue weighted by atomic mass is 10.9. The number of halogens is 3. The second-order valence-electron chi connectivity index (χ2n) is 2.34. The van der Waals surface area contributed by atoms with Crippen LogP contribution < -0.4 is 0 Å². The summed E-state index contributed by atoms with van der Waals surface area (Å²) in [4.78, 5) is 0. The van der Waals surface area contributed by atoms with Crippen LogP contribution in [-0.2, 0) is 0 Å². The Morgan fingerprint density at radius 3 is 1.09 bits per heavy atom. The number of rotatable bonds is 3. The van der Waals surface area contributed by atoms with Crippen molar-refractivity contribution in [2.24, 2.45) is 0 Å². The zero-order valence-corrected chi connectivity index (χ0v) is 12.0. The summed E-state index contributed by atoms with van der Waals surface area (Å²) in [6, 6.07) is 4.48. The van der Waals surface area contributed by atoms with Gasteiger partial charge in [0.25, 0.3) is 0 Å². The second kappa shape index (κ2) is 11.6. The second-order valence-corrected chi connectivity index (χ2v) is 13.0. The molecule has 0 unspecified atom stereocenters. The molecule has 0 nitrogen and oxygen atoms in total. The van der Waals surface area contributed by atoms with Gasteiger partial charge in [-0.2, -0.15) is 0 Å². The predicted molar refractivity (Wildman–Crippen MR) is 61.9 cm³/mol. The summed E-state index contributed by atoms with van der Waals surface area (Å²) >= 11 is -1.72. The van der Waals surface area contributed by atoms with Gasteiger partial charge in [0.05, 0.1) is 0 Å². The van der Waals surface area contributed by atoms with E-state index in [0.29, 0.717) is 0 Å². The minimum absolute atomic E-state index is 0.171. The van der Waals surface area contributed by atoms with Crippen LogP contribution in [0.2, 0.25) is 18.1 Å². The first-order chi connectivity index (χ1) is 5.08. The fourth-order valence-corrected chi connectivity index (χ4v) is 2.60. The highest BCUT2D eigenvalue weighted by atomic mass is 35.8. The Bertz CT molecular complexity index is 60.6. The normalized spacial score (nSPS) is 9.00. The van der Waals surface area contributed by atoms with Crippen molar-refractivity contribution in [1.29, 1.82) is 0 Å². The number of hydrogen-bond donors (Lipinski definition) is 0. The Morgan fingerprint density at radius 1 is 0.909 bits per heavy atom. The Balaban J connectivity index is 0. The largest absolute Gasteiger partial charge is 0.643 e. The molecule has 0 atom stereocenters. The molecule has 0 bridgehead atoms. The van der Waals surface area contributed by atoms with Crippen LogP contribution in [-0.4, -0.2) is 20.2 Å². The van der Waals surface area contributed by atoms with Crippen molar-refractivity contribution < 1.29 is 0 Å². The van der Waals surface area contributed by atoms with Crippen molar-refractivity contribution in [3.05, 3.63) is 0 Å². The SMILES string of the molecule is CC[SiH](CC)CC.[Cl][Al]([Cl])[Cl]. The lowest BCUT2D eigenvalue weighted by molar-refractivity contribution is 1.24. The molecule has 68 valence electrons. The first-order valence-corrected chi connectivity index (χ1v) is 11.7. The van der Waals surface area contributed by atoms with Crippen molar-refractivity contribution in [3.63, 3.8) is 0 Å². The van der Waals surface area contributed by atoms with E-state index in [1.54, 1.807) is 0 Å². The third kappa shape index (κ3) is 18.5. The Kier molecular flexibility index (Phi) is 16.0. The molecule has 0 N–H and O–H groups in total. The molecular weight excluding hydrogens is 233 g/mol. The van der Waals surface area contributed by atoms with Crippen LogP contribution in [0.4, 0.5) is 0 Å². The lowest BCUT2D eigenvalue weighted by Gasteiger charge is -2.03. The van der Waals surface area contributed by atoms with Crippen molar-refractivity contribution in [2.75, 3.05) is 0 Å². The van der Waals surface area contributed by atoms with Crippen LogP contribution in [0.1, 0.15) is 20.8 Å². The van der Waals surface area contributed by atoms with E-state index in [4.69, 9.17) is 30.1 Å². The molecule has 0 saturated carbocycles. The zero-order chi connectivity index (χ0) is 9.28. The van der Waals surface area contributed by atoms with Gasteiger partial charge in [-0.1, -0.05) is 38.9 Å². The minimum Gasteiger partial charge on any atom is -0.214 e. The Hall–Kier alpha value is 1.62. The maximum absolute atomic E-state index is 4.94. The molecule has 0 rings (SSSR count). The van der Waals surface area contributed by atoms with Gasteiger partial charge < -0.3 is 0 Å². The summed E-state index contributed by atoms with van der Waals surface area (Å²) in [5, 5.41) is 0. The molecule has 0 aliphatic rings. The fraction of sp³-hybridized carbons (Fsp3) is 1.00. The van der Waals surface area contributed by atoms with E-state index in [2.05, 4.69) is 20.8 Å². The highest BCUT2D eigenvalue weighted by Crippen LogP contribution is 2.01. The van der Waals surface area contributed by atoms with Crippen LogP contribution in [0.5, 0.6) is 0 Å². The molecule has 0 amide bonds. The Labute approximate surface area is 88.8 Å². The molecule has 0 aliphatic carbocycles. The highest BCUT2D eigenvalue weighted by Gasteiger charge is 2.00. The summed E-state index contributed by atoms with van der Waals surface area (Å²) in [6.07, 6.45) is 0. The van der Waals surface area contributed by atoms with Crippen molar-refractivity contribution in [2.45, 2.75) is 38.9 Å². The molecule has 0 aliphatic heterocycles. The molecule has 5 heteroatoms. The van der Waals surface area contributed by atoms with Gasteiger partial charge >= 0.3 is 11.4 Å². The van der Waals surface area contributed by atoms with Gasteiger partial charge in [-0.15, -0.1) is 0 Å². The van der Waals surface area contributed by atoms with Crippen molar-refractivity contribution in [3.8, 4) is 0 Å². The molecule has 0 aromatic carbocycles. The average molecular weight is 250 g/mol. The third-order valence-electron chi connectivity index (χ3n) is 1.73. The van der Waals surface area contributed by atoms with Gasteiger partial charge in [0.2, 0.25) is 0 Å². The summed E-state index contributed by atoms with van der Waals surface area (Å²) < 4.78 is 0. The monoisotopic (exact) mass is 248 g/mol. The van der Waals surface area contributed by atoms with Gasteiger partial charge in [0.15, 0.2) is 0 Å². The molecule has 0 aromatic rings. The smallest absolute Gasteiger partial charge is 0.214 e. The van der Waals surface area contributed by atoms with Crippen LogP contribution in [0.25, 0.3) is 0 Å². The fourth-order valence-electron chi connectivity index (χ4n) is 0.866. The molecule has 11 heavy (non-hydrogen) atoms.